The molecule has 3 amide bonds. The first kappa shape index (κ1) is 17.1. The first-order chi connectivity index (χ1) is 12.0. The highest BCUT2D eigenvalue weighted by atomic mass is 16.6. The number of methoxy groups -OCH3 is 1. The lowest BCUT2D eigenvalue weighted by Gasteiger charge is -2.29. The summed E-state index contributed by atoms with van der Waals surface area (Å²) in [5.74, 6) is 0.122. The molecular weight excluding hydrogens is 326 g/mol. The van der Waals surface area contributed by atoms with Crippen molar-refractivity contribution in [3.8, 4) is 0 Å². The van der Waals surface area contributed by atoms with E-state index in [9.17, 15) is 14.4 Å². The Bertz CT molecular complexity index is 706. The maximum Gasteiger partial charge on any atom is 0.414 e. The van der Waals surface area contributed by atoms with Crippen molar-refractivity contribution in [2.45, 2.75) is 25.9 Å². The van der Waals surface area contributed by atoms with Crippen LogP contribution in [0.15, 0.2) is 18.2 Å². The number of nitrogens with one attached hydrogen (secondary N) is 1. The number of cyclic esters (lactones) is 1. The van der Waals surface area contributed by atoms with Gasteiger partial charge in [0.2, 0.25) is 5.91 Å². The number of anilines is 2. The molecule has 0 bridgehead atoms. The van der Waals surface area contributed by atoms with Crippen molar-refractivity contribution < 1.29 is 23.9 Å². The Labute approximate surface area is 145 Å². The number of ether oxygens (including phenoxy) is 2. The Hall–Kier alpha value is -2.77. The third kappa shape index (κ3) is 3.38. The Morgan fingerprint density at radius 2 is 2.16 bits per heavy atom. The van der Waals surface area contributed by atoms with Crippen LogP contribution in [0, 0.1) is 0 Å². The van der Waals surface area contributed by atoms with Crippen LogP contribution in [-0.2, 0) is 20.7 Å². The normalized spacial score (nSPS) is 19.5. The molecule has 25 heavy (non-hydrogen) atoms. The lowest BCUT2D eigenvalue weighted by atomic mass is 10.00. The molecule has 0 aromatic heterocycles. The number of carbonyl (C=O) groups is 3. The van der Waals surface area contributed by atoms with E-state index in [1.807, 2.05) is 25.1 Å². The summed E-state index contributed by atoms with van der Waals surface area (Å²) in [4.78, 5) is 38.5. The number of amides is 3. The lowest BCUT2D eigenvalue weighted by Crippen LogP contribution is -2.35. The summed E-state index contributed by atoms with van der Waals surface area (Å²) in [5.41, 5.74) is 2.68. The van der Waals surface area contributed by atoms with Crippen LogP contribution >= 0.6 is 0 Å². The van der Waals surface area contributed by atoms with E-state index in [4.69, 9.17) is 4.74 Å². The summed E-state index contributed by atoms with van der Waals surface area (Å²) in [6.07, 6.45) is -0.311. The Morgan fingerprint density at radius 1 is 1.36 bits per heavy atom. The first-order valence-corrected chi connectivity index (χ1v) is 8.26. The number of nitrogens with zero attached hydrogens (tertiary/aromatic N) is 2. The molecule has 0 unspecified atom stereocenters. The van der Waals surface area contributed by atoms with Crippen molar-refractivity contribution in [2.24, 2.45) is 0 Å². The highest BCUT2D eigenvalue weighted by Gasteiger charge is 2.33. The molecule has 0 spiro atoms. The van der Waals surface area contributed by atoms with Crippen molar-refractivity contribution in [3.63, 3.8) is 0 Å². The molecule has 1 aromatic carbocycles. The Morgan fingerprint density at radius 3 is 2.88 bits per heavy atom. The number of alkyl carbamates (subject to hydrolysis) is 1. The highest BCUT2D eigenvalue weighted by molar-refractivity contribution is 5.97. The molecule has 2 heterocycles. The van der Waals surface area contributed by atoms with Crippen molar-refractivity contribution in [1.82, 2.24) is 5.32 Å². The van der Waals surface area contributed by atoms with E-state index in [1.165, 1.54) is 12.0 Å². The van der Waals surface area contributed by atoms with Gasteiger partial charge in [0.1, 0.15) is 6.10 Å². The van der Waals surface area contributed by atoms with Gasteiger partial charge >= 0.3 is 12.2 Å². The molecule has 1 saturated heterocycles. The monoisotopic (exact) mass is 347 g/mol. The van der Waals surface area contributed by atoms with Crippen molar-refractivity contribution >= 4 is 29.5 Å². The Balaban J connectivity index is 1.73. The minimum absolute atomic E-state index is 0.122. The van der Waals surface area contributed by atoms with Gasteiger partial charge in [0, 0.05) is 24.3 Å². The predicted molar refractivity (Wildman–Crippen MR) is 90.8 cm³/mol. The van der Waals surface area contributed by atoms with E-state index in [1.54, 1.807) is 4.90 Å². The number of fused-ring (bicyclic) bond motifs is 1. The molecule has 1 aromatic rings. The third-order valence-corrected chi connectivity index (χ3v) is 4.42. The molecule has 3 rings (SSSR count). The van der Waals surface area contributed by atoms with Gasteiger partial charge in [-0.2, -0.15) is 0 Å². The molecule has 0 aliphatic carbocycles. The quantitative estimate of drug-likeness (QED) is 0.895. The summed E-state index contributed by atoms with van der Waals surface area (Å²) < 4.78 is 9.78. The zero-order chi connectivity index (χ0) is 18.0. The number of carbonyl (C=O) groups excluding carboxylic acids is 3. The van der Waals surface area contributed by atoms with Crippen molar-refractivity contribution in [3.05, 3.63) is 23.8 Å². The van der Waals surface area contributed by atoms with Crippen LogP contribution in [-0.4, -0.2) is 50.9 Å². The van der Waals surface area contributed by atoms with Crippen molar-refractivity contribution in [2.75, 3.05) is 36.5 Å². The van der Waals surface area contributed by atoms with E-state index in [-0.39, 0.29) is 12.5 Å². The van der Waals surface area contributed by atoms with E-state index in [0.717, 1.165) is 16.9 Å². The maximum absolute atomic E-state index is 12.1. The lowest BCUT2D eigenvalue weighted by molar-refractivity contribution is -0.118. The number of hydrogen-bond donors (Lipinski definition) is 1. The summed E-state index contributed by atoms with van der Waals surface area (Å²) in [7, 11) is 1.28. The van der Waals surface area contributed by atoms with E-state index < -0.39 is 18.3 Å². The predicted octanol–water partition coefficient (Wildman–Crippen LogP) is 1.67. The Kier molecular flexibility index (Phi) is 4.78. The molecule has 1 N–H and O–H groups in total. The summed E-state index contributed by atoms with van der Waals surface area (Å²) >= 11 is 0. The number of hydrogen-bond acceptors (Lipinski definition) is 5. The zero-order valence-corrected chi connectivity index (χ0v) is 14.3. The first-order valence-electron chi connectivity index (χ1n) is 8.26. The second-order valence-corrected chi connectivity index (χ2v) is 5.94. The number of benzene rings is 1. The summed E-state index contributed by atoms with van der Waals surface area (Å²) in [6, 6.07) is 5.62. The average Bonchev–Trinajstić information content (AvgIpc) is 3.00. The molecule has 1 atom stereocenters. The topological polar surface area (TPSA) is 88.2 Å². The molecule has 134 valence electrons. The van der Waals surface area contributed by atoms with Crippen LogP contribution in [0.25, 0.3) is 0 Å². The average molecular weight is 347 g/mol. The van der Waals surface area contributed by atoms with Crippen LogP contribution in [0.2, 0.25) is 0 Å². The van der Waals surface area contributed by atoms with Crippen LogP contribution in [0.1, 0.15) is 18.9 Å². The maximum atomic E-state index is 12.1. The molecule has 1 fully saturated rings. The zero-order valence-electron chi connectivity index (χ0n) is 14.3. The van der Waals surface area contributed by atoms with E-state index in [2.05, 4.69) is 10.1 Å². The smallest absolute Gasteiger partial charge is 0.414 e. The minimum Gasteiger partial charge on any atom is -0.453 e. The largest absolute Gasteiger partial charge is 0.453 e. The molecule has 2 aliphatic rings. The van der Waals surface area contributed by atoms with Crippen molar-refractivity contribution in [1.29, 1.82) is 0 Å². The van der Waals surface area contributed by atoms with Gasteiger partial charge in [0.15, 0.2) is 0 Å². The van der Waals surface area contributed by atoms with Gasteiger partial charge in [-0.05, 0) is 37.1 Å². The van der Waals surface area contributed by atoms with Gasteiger partial charge in [0.05, 0.1) is 20.2 Å². The van der Waals surface area contributed by atoms with E-state index in [0.29, 0.717) is 25.9 Å². The molecule has 0 saturated carbocycles. The summed E-state index contributed by atoms with van der Waals surface area (Å²) in [5, 5.41) is 2.53. The van der Waals surface area contributed by atoms with Gasteiger partial charge in [-0.1, -0.05) is 0 Å². The van der Waals surface area contributed by atoms with Crippen LogP contribution < -0.4 is 15.1 Å². The van der Waals surface area contributed by atoms with Gasteiger partial charge in [0.25, 0.3) is 0 Å². The molecular formula is C17H21N3O5. The fourth-order valence-electron chi connectivity index (χ4n) is 3.17. The highest BCUT2D eigenvalue weighted by Crippen LogP contribution is 2.32. The SMILES string of the molecule is CCN1C(=O)CCc2cc(N3C[C@H](CNC(=O)OC)OC3=O)ccc21. The number of aryl methyl sites for hydroxylation is 1. The second-order valence-electron chi connectivity index (χ2n) is 5.94. The molecule has 8 nitrogen and oxygen atoms in total. The standard InChI is InChI=1S/C17H21N3O5/c1-3-19-14-6-5-12(8-11(14)4-7-15(19)21)20-10-13(25-17(20)23)9-18-16(22)24-2/h5-6,8,13H,3-4,7,9-10H2,1-2H3,(H,18,22)/t13-/m0/s1. The van der Waals surface area contributed by atoms with Gasteiger partial charge in [-0.15, -0.1) is 0 Å². The fraction of sp³-hybridized carbons (Fsp3) is 0.471. The second kappa shape index (κ2) is 7.00. The number of rotatable bonds is 4. The van der Waals surface area contributed by atoms with Gasteiger partial charge in [-0.25, -0.2) is 9.59 Å². The molecule has 0 radical (unpaired) electrons. The third-order valence-electron chi connectivity index (χ3n) is 4.42. The van der Waals surface area contributed by atoms with Crippen LogP contribution in [0.4, 0.5) is 21.0 Å². The van der Waals surface area contributed by atoms with Crippen LogP contribution in [0.3, 0.4) is 0 Å². The fourth-order valence-corrected chi connectivity index (χ4v) is 3.17. The summed E-state index contributed by atoms with van der Waals surface area (Å²) in [6.45, 7) is 3.10. The molecule has 2 aliphatic heterocycles. The van der Waals surface area contributed by atoms with Gasteiger partial charge < -0.3 is 19.7 Å². The van der Waals surface area contributed by atoms with Gasteiger partial charge in [-0.3, -0.25) is 9.69 Å². The minimum atomic E-state index is -0.562. The molecule has 8 heteroatoms. The van der Waals surface area contributed by atoms with E-state index >= 15 is 0 Å². The van der Waals surface area contributed by atoms with Crippen LogP contribution in [0.5, 0.6) is 0 Å².